The Bertz CT molecular complexity index is 1400. The number of carboxylic acids is 1. The lowest BCUT2D eigenvalue weighted by Gasteiger charge is -2.49. The van der Waals surface area contributed by atoms with Gasteiger partial charge in [-0.3, -0.25) is 19.0 Å². The van der Waals surface area contributed by atoms with Gasteiger partial charge in [0.2, 0.25) is 0 Å². The van der Waals surface area contributed by atoms with Gasteiger partial charge >= 0.3 is 5.97 Å². The van der Waals surface area contributed by atoms with Gasteiger partial charge < -0.3 is 26.1 Å². The molecule has 14 nitrogen and oxygen atoms in total. The first-order valence-corrected chi connectivity index (χ1v) is 13.9. The van der Waals surface area contributed by atoms with Crippen LogP contribution in [0.25, 0.3) is 0 Å². The lowest BCUT2D eigenvalue weighted by atomic mass is 10.0. The van der Waals surface area contributed by atoms with E-state index in [9.17, 15) is 27.9 Å². The number of rotatable bonds is 7. The maximum atomic E-state index is 12.5. The molecule has 2 aliphatic heterocycles. The van der Waals surface area contributed by atoms with Crippen LogP contribution in [0, 0.1) is 6.92 Å². The Morgan fingerprint density at radius 3 is 2.47 bits per heavy atom. The van der Waals surface area contributed by atoms with E-state index >= 15 is 0 Å². The Hall–Kier alpha value is -3.51. The fraction of sp³-hybridized carbons (Fsp3) is 0.286. The summed E-state index contributed by atoms with van der Waals surface area (Å²) in [4.78, 5) is 41.4. The quantitative estimate of drug-likeness (QED) is 0.0987. The van der Waals surface area contributed by atoms with E-state index in [1.165, 1.54) is 36.4 Å². The van der Waals surface area contributed by atoms with E-state index in [-0.39, 0.29) is 33.7 Å². The number of nitrogens with two attached hydrogens (primary N) is 1. The van der Waals surface area contributed by atoms with Crippen molar-refractivity contribution in [3.8, 4) is 0 Å². The summed E-state index contributed by atoms with van der Waals surface area (Å²) in [5, 5.41) is 25.0. The molecule has 2 atom stereocenters. The number of amides is 2. The lowest BCUT2D eigenvalue weighted by Crippen LogP contribution is -2.71. The molecule has 0 bridgehead atoms. The number of aliphatic carboxylic acids is 1. The molecule has 1 saturated heterocycles. The minimum Gasteiger partial charge on any atom is -0.477 e. The van der Waals surface area contributed by atoms with Crippen LogP contribution < -0.4 is 11.1 Å². The summed E-state index contributed by atoms with van der Waals surface area (Å²) >= 11 is 2.37. The molecule has 2 aromatic rings. The number of nitrogens with one attached hydrogen (secondary N) is 1. The third kappa shape index (κ3) is 6.30. The van der Waals surface area contributed by atoms with Crippen molar-refractivity contribution < 1.29 is 42.4 Å². The standard InChI is InChI=1S/C14H15N5O6S2.C7H8O3S/c1-25-2-5-3-26-12-8(11(21)19(12)9(5)13(22)23)17-10(20)7(18-24)6-4-27-14(15)16-6;1-6-2-4-7(5-3-6)11(8,9)10/h4,8,12,24H,2-3H2,1H3,(H2,15,16)(H,17,20)(H,22,23);2-5H,1H3,(H,8,9,10)/b18-7+;/t8-,12-;/m1./s1. The lowest BCUT2D eigenvalue weighted by molar-refractivity contribution is -0.150. The molecule has 0 unspecified atom stereocenters. The summed E-state index contributed by atoms with van der Waals surface area (Å²) in [7, 11) is -2.58. The number of carboxylic acid groups (broad SMARTS) is 1. The molecule has 0 radical (unpaired) electrons. The van der Waals surface area contributed by atoms with Crippen LogP contribution >= 0.6 is 23.1 Å². The van der Waals surface area contributed by atoms with E-state index in [1.54, 1.807) is 12.1 Å². The van der Waals surface area contributed by atoms with Crippen molar-refractivity contribution in [3.05, 3.63) is 52.2 Å². The first-order chi connectivity index (χ1) is 17.9. The predicted molar refractivity (Wildman–Crippen MR) is 137 cm³/mol. The summed E-state index contributed by atoms with van der Waals surface area (Å²) in [5.74, 6) is -2.27. The molecule has 38 heavy (non-hydrogen) atoms. The molecule has 2 aliphatic rings. The van der Waals surface area contributed by atoms with Gasteiger partial charge in [0.1, 0.15) is 22.8 Å². The minimum atomic E-state index is -4.02. The summed E-state index contributed by atoms with van der Waals surface area (Å²) in [6.07, 6.45) is 0. The number of carbonyl (C=O) groups excluding carboxylic acids is 2. The van der Waals surface area contributed by atoms with E-state index in [0.717, 1.165) is 21.8 Å². The third-order valence-electron chi connectivity index (χ3n) is 5.25. The normalized spacial score (nSPS) is 19.2. The second-order valence-electron chi connectivity index (χ2n) is 7.86. The van der Waals surface area contributed by atoms with E-state index in [4.69, 9.17) is 20.2 Å². The Labute approximate surface area is 224 Å². The van der Waals surface area contributed by atoms with Crippen molar-refractivity contribution >= 4 is 61.8 Å². The van der Waals surface area contributed by atoms with Crippen molar-refractivity contribution in [2.75, 3.05) is 25.2 Å². The number of hydrogen-bond acceptors (Lipinski definition) is 12. The van der Waals surface area contributed by atoms with Gasteiger partial charge in [-0.1, -0.05) is 22.9 Å². The average molecular weight is 586 g/mol. The molecule has 1 aromatic carbocycles. The van der Waals surface area contributed by atoms with E-state index in [2.05, 4.69) is 15.5 Å². The number of fused-ring (bicyclic) bond motifs is 1. The van der Waals surface area contributed by atoms with Gasteiger partial charge in [0.15, 0.2) is 10.8 Å². The van der Waals surface area contributed by atoms with Crippen LogP contribution in [0.3, 0.4) is 0 Å². The number of nitrogen functional groups attached to an aromatic ring is 1. The molecule has 1 fully saturated rings. The number of benzene rings is 1. The van der Waals surface area contributed by atoms with Crippen LogP contribution in [0.1, 0.15) is 11.3 Å². The van der Waals surface area contributed by atoms with Gasteiger partial charge in [0.05, 0.1) is 11.5 Å². The molecule has 1 aromatic heterocycles. The highest BCUT2D eigenvalue weighted by molar-refractivity contribution is 8.00. The monoisotopic (exact) mass is 585 g/mol. The highest BCUT2D eigenvalue weighted by Gasteiger charge is 2.54. The van der Waals surface area contributed by atoms with Crippen LogP contribution in [0.4, 0.5) is 5.13 Å². The Balaban J connectivity index is 0.000000304. The van der Waals surface area contributed by atoms with Crippen LogP contribution in [-0.2, 0) is 29.2 Å². The molecule has 0 saturated carbocycles. The van der Waals surface area contributed by atoms with Crippen LogP contribution in [-0.4, -0.2) is 87.5 Å². The van der Waals surface area contributed by atoms with Gasteiger partial charge in [0, 0.05) is 18.2 Å². The van der Waals surface area contributed by atoms with Crippen molar-refractivity contribution in [2.24, 2.45) is 5.16 Å². The van der Waals surface area contributed by atoms with Crippen molar-refractivity contribution in [3.63, 3.8) is 0 Å². The fourth-order valence-electron chi connectivity index (χ4n) is 3.50. The largest absolute Gasteiger partial charge is 0.477 e. The molecule has 0 aliphatic carbocycles. The fourth-order valence-corrected chi connectivity index (χ4v) is 5.85. The second-order valence-corrected chi connectivity index (χ2v) is 11.3. The Morgan fingerprint density at radius 1 is 1.32 bits per heavy atom. The number of aryl methyl sites for hydroxylation is 1. The maximum Gasteiger partial charge on any atom is 0.352 e. The number of carbonyl (C=O) groups is 3. The smallest absolute Gasteiger partial charge is 0.352 e. The SMILES string of the molecule is COCC1=C(C(=O)O)N2C(=O)[C@@H](NC(=O)/C(=N/O)c3csc(N)n3)[C@H]2SC1.Cc1ccc(S(=O)(=O)O)cc1. The average Bonchev–Trinajstić information content (AvgIpc) is 3.28. The van der Waals surface area contributed by atoms with E-state index in [0.29, 0.717) is 11.3 Å². The molecule has 204 valence electrons. The number of anilines is 1. The number of oxime groups is 1. The van der Waals surface area contributed by atoms with Crippen LogP contribution in [0.2, 0.25) is 0 Å². The Morgan fingerprint density at radius 2 is 1.97 bits per heavy atom. The van der Waals surface area contributed by atoms with Gasteiger partial charge in [-0.15, -0.1) is 23.1 Å². The van der Waals surface area contributed by atoms with Crippen LogP contribution in [0.5, 0.6) is 0 Å². The summed E-state index contributed by atoms with van der Waals surface area (Å²) in [6.45, 7) is 1.93. The van der Waals surface area contributed by atoms with Crippen molar-refractivity contribution in [1.29, 1.82) is 0 Å². The number of ether oxygens (including phenoxy) is 1. The van der Waals surface area contributed by atoms with Gasteiger partial charge in [-0.2, -0.15) is 8.42 Å². The van der Waals surface area contributed by atoms with Crippen LogP contribution in [0.15, 0.2) is 51.0 Å². The molecule has 3 heterocycles. The molecule has 0 spiro atoms. The number of hydrogen-bond donors (Lipinski definition) is 5. The zero-order valence-electron chi connectivity index (χ0n) is 19.9. The summed E-state index contributed by atoms with van der Waals surface area (Å²) in [5.41, 5.74) is 6.51. The molecular weight excluding hydrogens is 562 g/mol. The molecule has 4 rings (SSSR count). The van der Waals surface area contributed by atoms with E-state index < -0.39 is 39.3 Å². The van der Waals surface area contributed by atoms with E-state index in [1.807, 2.05) is 6.92 Å². The summed E-state index contributed by atoms with van der Waals surface area (Å²) < 4.78 is 34.5. The predicted octanol–water partition coefficient (Wildman–Crippen LogP) is 0.530. The number of β-lactam (4-membered cyclic amide) rings is 1. The highest BCUT2D eigenvalue weighted by Crippen LogP contribution is 2.40. The first kappa shape index (κ1) is 29.1. The summed E-state index contributed by atoms with van der Waals surface area (Å²) in [6, 6.07) is 5.04. The van der Waals surface area contributed by atoms with Gasteiger partial charge in [0.25, 0.3) is 21.9 Å². The zero-order valence-corrected chi connectivity index (χ0v) is 22.3. The maximum absolute atomic E-state index is 12.5. The molecule has 6 N–H and O–H groups in total. The number of nitrogens with zero attached hydrogens (tertiary/aromatic N) is 3. The number of aromatic nitrogens is 1. The molecule has 2 amide bonds. The van der Waals surface area contributed by atoms with Crippen molar-refractivity contribution in [2.45, 2.75) is 23.2 Å². The zero-order chi connectivity index (χ0) is 28.2. The van der Waals surface area contributed by atoms with Crippen molar-refractivity contribution in [1.82, 2.24) is 15.2 Å². The molecule has 17 heteroatoms. The number of thioether (sulfide) groups is 1. The Kier molecular flexibility index (Phi) is 9.10. The highest BCUT2D eigenvalue weighted by atomic mass is 32.2. The second kappa shape index (κ2) is 11.9. The number of methoxy groups -OCH3 is 1. The first-order valence-electron chi connectivity index (χ1n) is 10.6. The number of thiazole rings is 1. The topological polar surface area (TPSA) is 222 Å². The van der Waals surface area contributed by atoms with Gasteiger partial charge in [-0.25, -0.2) is 9.78 Å². The molecular formula is C21H23N5O9S3. The third-order valence-corrected chi connectivity index (χ3v) is 8.13. The minimum absolute atomic E-state index is 0.0666. The van der Waals surface area contributed by atoms with Gasteiger partial charge in [-0.05, 0) is 24.6 Å².